The van der Waals surface area contributed by atoms with Crippen LogP contribution in [0.4, 0.5) is 5.69 Å². The first-order valence-electron chi connectivity index (χ1n) is 8.29. The van der Waals surface area contributed by atoms with Crippen LogP contribution in [0, 0.1) is 5.41 Å². The number of benzene rings is 1. The van der Waals surface area contributed by atoms with E-state index in [0.29, 0.717) is 17.0 Å². The van der Waals surface area contributed by atoms with E-state index in [2.05, 4.69) is 17.2 Å². The van der Waals surface area contributed by atoms with Crippen molar-refractivity contribution >= 4 is 23.3 Å². The summed E-state index contributed by atoms with van der Waals surface area (Å²) >= 11 is 0. The molecule has 1 heterocycles. The van der Waals surface area contributed by atoms with Crippen molar-refractivity contribution in [2.75, 3.05) is 5.32 Å². The number of furan rings is 1. The number of hydrogen-bond donors (Lipinski definition) is 5. The van der Waals surface area contributed by atoms with Gasteiger partial charge >= 0.3 is 0 Å². The summed E-state index contributed by atoms with van der Waals surface area (Å²) in [4.78, 5) is 24.1. The van der Waals surface area contributed by atoms with E-state index in [0.717, 1.165) is 0 Å². The van der Waals surface area contributed by atoms with Gasteiger partial charge in [0.25, 0.3) is 0 Å². The van der Waals surface area contributed by atoms with E-state index in [1.807, 2.05) is 0 Å². The van der Waals surface area contributed by atoms with E-state index in [-0.39, 0.29) is 42.7 Å². The van der Waals surface area contributed by atoms with Crippen LogP contribution in [0.1, 0.15) is 36.6 Å². The van der Waals surface area contributed by atoms with Crippen molar-refractivity contribution in [1.29, 1.82) is 5.41 Å². The van der Waals surface area contributed by atoms with E-state index in [9.17, 15) is 14.7 Å². The number of nitrogen functional groups attached to an aromatic ring is 1. The van der Waals surface area contributed by atoms with E-state index in [4.69, 9.17) is 15.6 Å². The molecule has 0 saturated heterocycles. The van der Waals surface area contributed by atoms with Crippen molar-refractivity contribution in [3.63, 3.8) is 0 Å². The van der Waals surface area contributed by atoms with Crippen molar-refractivity contribution in [2.45, 2.75) is 25.3 Å². The monoisotopic (exact) mass is 370 g/mol. The first-order chi connectivity index (χ1) is 12.8. The Hall–Kier alpha value is -3.55. The van der Waals surface area contributed by atoms with Crippen LogP contribution in [0.2, 0.25) is 0 Å². The number of amidine groups is 1. The maximum absolute atomic E-state index is 12.1. The molecular weight excluding hydrogens is 348 g/mol. The Labute approximate surface area is 156 Å². The molecule has 2 amide bonds. The van der Waals surface area contributed by atoms with Gasteiger partial charge in [-0.25, -0.2) is 0 Å². The minimum Gasteiger partial charge on any atom is -0.513 e. The fourth-order valence-electron chi connectivity index (χ4n) is 2.40. The zero-order chi connectivity index (χ0) is 19.8. The largest absolute Gasteiger partial charge is 0.513 e. The predicted octanol–water partition coefficient (Wildman–Crippen LogP) is 2.60. The maximum Gasteiger partial charge on any atom is 0.224 e. The number of anilines is 1. The molecule has 0 radical (unpaired) electrons. The fraction of sp³-hybridized carbons (Fsp3) is 0.211. The molecule has 6 N–H and O–H groups in total. The van der Waals surface area contributed by atoms with Crippen LogP contribution in [0.5, 0.6) is 0 Å². The van der Waals surface area contributed by atoms with E-state index < -0.39 is 6.04 Å². The number of hydrogen-bond acceptors (Lipinski definition) is 5. The third kappa shape index (κ3) is 6.35. The van der Waals surface area contributed by atoms with Crippen LogP contribution in [0.3, 0.4) is 0 Å². The van der Waals surface area contributed by atoms with Crippen molar-refractivity contribution < 1.29 is 19.1 Å². The molecule has 2 rings (SSSR count). The van der Waals surface area contributed by atoms with E-state index in [1.165, 1.54) is 6.26 Å². The molecule has 8 nitrogen and oxygen atoms in total. The third-order valence-electron chi connectivity index (χ3n) is 3.72. The smallest absolute Gasteiger partial charge is 0.224 e. The average Bonchev–Trinajstić information content (AvgIpc) is 3.14. The van der Waals surface area contributed by atoms with Crippen LogP contribution in [0.15, 0.2) is 59.4 Å². The molecule has 0 saturated carbocycles. The highest BCUT2D eigenvalue weighted by atomic mass is 16.3. The highest BCUT2D eigenvalue weighted by Gasteiger charge is 2.18. The molecule has 0 aliphatic heterocycles. The van der Waals surface area contributed by atoms with Gasteiger partial charge in [0.05, 0.1) is 18.1 Å². The first-order valence-corrected chi connectivity index (χ1v) is 8.29. The standard InChI is InChI=1S/C19H22N4O4/c1-12(24)11-15(16-3-2-10-27-16)23-18(26)9-8-17(25)22-14-6-4-13(5-7-14)19(20)21/h2-7,10,15,24H,1,8-9,11H2,(H3,20,21)(H,22,25)(H,23,26). The summed E-state index contributed by atoms with van der Waals surface area (Å²) in [5.74, 6) is -0.306. The second-order valence-corrected chi connectivity index (χ2v) is 5.95. The minimum atomic E-state index is -0.549. The molecule has 0 bridgehead atoms. The summed E-state index contributed by atoms with van der Waals surface area (Å²) < 4.78 is 5.26. The van der Waals surface area contributed by atoms with Gasteiger partial charge in [0.1, 0.15) is 11.6 Å². The second-order valence-electron chi connectivity index (χ2n) is 5.95. The molecule has 0 aliphatic rings. The molecule has 1 unspecified atom stereocenters. The average molecular weight is 370 g/mol. The summed E-state index contributed by atoms with van der Waals surface area (Å²) in [5, 5.41) is 22.1. The molecule has 1 aromatic heterocycles. The molecular formula is C19H22N4O4. The second kappa shape index (κ2) is 9.23. The number of amides is 2. The Bertz CT molecular complexity index is 813. The zero-order valence-electron chi connectivity index (χ0n) is 14.7. The first kappa shape index (κ1) is 19.8. The summed E-state index contributed by atoms with van der Waals surface area (Å²) in [5.41, 5.74) is 6.48. The lowest BCUT2D eigenvalue weighted by Gasteiger charge is -2.16. The number of aliphatic hydroxyl groups excluding tert-OH is 1. The Kier molecular flexibility index (Phi) is 6.76. The topological polar surface area (TPSA) is 141 Å². The quantitative estimate of drug-likeness (QED) is 0.262. The Morgan fingerprint density at radius 3 is 2.41 bits per heavy atom. The molecule has 1 atom stereocenters. The van der Waals surface area contributed by atoms with Crippen LogP contribution in [-0.4, -0.2) is 22.8 Å². The molecule has 1 aromatic carbocycles. The van der Waals surface area contributed by atoms with Gasteiger partial charge in [-0.1, -0.05) is 6.58 Å². The molecule has 142 valence electrons. The van der Waals surface area contributed by atoms with Gasteiger partial charge in [-0.15, -0.1) is 0 Å². The van der Waals surface area contributed by atoms with Crippen LogP contribution in [0.25, 0.3) is 0 Å². The van der Waals surface area contributed by atoms with Gasteiger partial charge in [-0.3, -0.25) is 15.0 Å². The van der Waals surface area contributed by atoms with Crippen molar-refractivity contribution in [3.8, 4) is 0 Å². The molecule has 0 spiro atoms. The zero-order valence-corrected chi connectivity index (χ0v) is 14.7. The SMILES string of the molecule is C=C(O)CC(NC(=O)CCC(=O)Nc1ccc(C(=N)N)cc1)c1ccco1. The number of aliphatic hydroxyl groups is 1. The Morgan fingerprint density at radius 1 is 1.19 bits per heavy atom. The van der Waals surface area contributed by atoms with Crippen LogP contribution in [-0.2, 0) is 9.59 Å². The highest BCUT2D eigenvalue weighted by Crippen LogP contribution is 2.20. The number of nitrogens with two attached hydrogens (primary N) is 1. The lowest BCUT2D eigenvalue weighted by molar-refractivity contribution is -0.125. The highest BCUT2D eigenvalue weighted by molar-refractivity contribution is 5.96. The third-order valence-corrected chi connectivity index (χ3v) is 3.72. The lowest BCUT2D eigenvalue weighted by atomic mass is 10.1. The summed E-state index contributed by atoms with van der Waals surface area (Å²) in [6.45, 7) is 3.43. The van der Waals surface area contributed by atoms with Gasteiger partial charge in [0, 0.05) is 30.5 Å². The maximum atomic E-state index is 12.1. The molecule has 0 aliphatic carbocycles. The summed E-state index contributed by atoms with van der Waals surface area (Å²) in [7, 11) is 0. The number of carbonyl (C=O) groups excluding carboxylic acids is 2. The lowest BCUT2D eigenvalue weighted by Crippen LogP contribution is -2.29. The minimum absolute atomic E-state index is 0.00869. The van der Waals surface area contributed by atoms with Crippen LogP contribution >= 0.6 is 0 Å². The van der Waals surface area contributed by atoms with Gasteiger partial charge < -0.3 is 25.9 Å². The van der Waals surface area contributed by atoms with Crippen molar-refractivity contribution in [2.24, 2.45) is 5.73 Å². The van der Waals surface area contributed by atoms with Crippen molar-refractivity contribution in [3.05, 3.63) is 66.3 Å². The van der Waals surface area contributed by atoms with Crippen molar-refractivity contribution in [1.82, 2.24) is 5.32 Å². The molecule has 27 heavy (non-hydrogen) atoms. The number of nitrogens with one attached hydrogen (secondary N) is 3. The van der Waals surface area contributed by atoms with Gasteiger partial charge in [-0.05, 0) is 36.4 Å². The number of rotatable bonds is 9. The Balaban J connectivity index is 1.83. The fourth-order valence-corrected chi connectivity index (χ4v) is 2.40. The summed E-state index contributed by atoms with van der Waals surface area (Å²) in [6.07, 6.45) is 1.56. The van der Waals surface area contributed by atoms with Crippen LogP contribution < -0.4 is 16.4 Å². The predicted molar refractivity (Wildman–Crippen MR) is 101 cm³/mol. The normalized spacial score (nSPS) is 11.4. The molecule has 2 aromatic rings. The van der Waals surface area contributed by atoms with E-state index >= 15 is 0 Å². The molecule has 0 fully saturated rings. The number of carbonyl (C=O) groups is 2. The van der Waals surface area contributed by atoms with Gasteiger partial charge in [0.15, 0.2) is 0 Å². The van der Waals surface area contributed by atoms with Gasteiger partial charge in [0.2, 0.25) is 11.8 Å². The summed E-state index contributed by atoms with van der Waals surface area (Å²) in [6, 6.07) is 9.33. The molecule has 8 heteroatoms. The van der Waals surface area contributed by atoms with Gasteiger partial charge in [-0.2, -0.15) is 0 Å². The Morgan fingerprint density at radius 2 is 1.85 bits per heavy atom. The van der Waals surface area contributed by atoms with E-state index in [1.54, 1.807) is 36.4 Å².